The zero-order chi connectivity index (χ0) is 20.6. The maximum absolute atomic E-state index is 12.0. The standard InChI is InChI=1S/C20H24N4O4/c1-20(2,3)28-19(27)23-13-17(25)24-16-6-4-14(5-7-16)12-22-18(26)15-8-10-21-11-9-15/h4-11H,12-13H2,1-3H3,(H,22,26)(H,23,27)(H,24,25). The second-order valence-corrected chi connectivity index (χ2v) is 7.02. The highest BCUT2D eigenvalue weighted by Gasteiger charge is 2.16. The SMILES string of the molecule is CC(C)(C)OC(=O)NCC(=O)Nc1ccc(CNC(=O)c2ccncc2)cc1. The predicted molar refractivity (Wildman–Crippen MR) is 105 cm³/mol. The van der Waals surface area contributed by atoms with Crippen LogP contribution in [0.5, 0.6) is 0 Å². The smallest absolute Gasteiger partial charge is 0.408 e. The fraction of sp³-hybridized carbons (Fsp3) is 0.300. The minimum atomic E-state index is -0.650. The minimum absolute atomic E-state index is 0.187. The van der Waals surface area contributed by atoms with Crippen LogP contribution in [0.1, 0.15) is 36.7 Å². The largest absolute Gasteiger partial charge is 0.444 e. The van der Waals surface area contributed by atoms with Crippen LogP contribution in [0.3, 0.4) is 0 Å². The molecule has 8 nitrogen and oxygen atoms in total. The molecular weight excluding hydrogens is 360 g/mol. The Kier molecular flexibility index (Phi) is 7.08. The number of rotatable bonds is 6. The summed E-state index contributed by atoms with van der Waals surface area (Å²) in [6.07, 6.45) is 2.47. The normalized spacial score (nSPS) is 10.7. The summed E-state index contributed by atoms with van der Waals surface area (Å²) in [6, 6.07) is 10.3. The third-order valence-electron chi connectivity index (χ3n) is 3.43. The fourth-order valence-electron chi connectivity index (χ4n) is 2.17. The molecule has 0 fully saturated rings. The second kappa shape index (κ2) is 9.50. The summed E-state index contributed by atoms with van der Waals surface area (Å²) in [5.74, 6) is -0.558. The molecule has 1 aromatic heterocycles. The number of aromatic nitrogens is 1. The lowest BCUT2D eigenvalue weighted by Gasteiger charge is -2.19. The first kappa shape index (κ1) is 20.9. The first-order chi connectivity index (χ1) is 13.2. The number of amides is 3. The molecule has 0 atom stereocenters. The van der Waals surface area contributed by atoms with E-state index in [1.54, 1.807) is 69.6 Å². The van der Waals surface area contributed by atoms with E-state index in [2.05, 4.69) is 20.9 Å². The van der Waals surface area contributed by atoms with Gasteiger partial charge in [-0.25, -0.2) is 4.79 Å². The molecule has 3 N–H and O–H groups in total. The van der Waals surface area contributed by atoms with Crippen molar-refractivity contribution in [3.8, 4) is 0 Å². The molecule has 2 rings (SSSR count). The maximum atomic E-state index is 12.0. The Bertz CT molecular complexity index is 814. The molecule has 0 saturated heterocycles. The maximum Gasteiger partial charge on any atom is 0.408 e. The van der Waals surface area contributed by atoms with E-state index in [9.17, 15) is 14.4 Å². The number of ether oxygens (including phenoxy) is 1. The van der Waals surface area contributed by atoms with E-state index in [1.807, 2.05) is 0 Å². The quantitative estimate of drug-likeness (QED) is 0.709. The Morgan fingerprint density at radius 2 is 1.61 bits per heavy atom. The van der Waals surface area contributed by atoms with Gasteiger partial charge in [-0.05, 0) is 50.6 Å². The Hall–Kier alpha value is -3.42. The number of nitrogens with one attached hydrogen (secondary N) is 3. The second-order valence-electron chi connectivity index (χ2n) is 7.02. The first-order valence-electron chi connectivity index (χ1n) is 8.77. The molecule has 0 spiro atoms. The van der Waals surface area contributed by atoms with Gasteiger partial charge in [0.15, 0.2) is 0 Å². The lowest BCUT2D eigenvalue weighted by molar-refractivity contribution is -0.115. The number of carbonyl (C=O) groups excluding carboxylic acids is 3. The van der Waals surface area contributed by atoms with Crippen LogP contribution < -0.4 is 16.0 Å². The number of nitrogens with zero attached hydrogens (tertiary/aromatic N) is 1. The van der Waals surface area contributed by atoms with Gasteiger partial charge in [0.25, 0.3) is 5.91 Å². The molecule has 8 heteroatoms. The molecule has 1 aromatic carbocycles. The molecule has 0 aliphatic heterocycles. The van der Waals surface area contributed by atoms with Gasteiger partial charge in [-0.15, -0.1) is 0 Å². The van der Waals surface area contributed by atoms with Crippen LogP contribution in [-0.2, 0) is 16.1 Å². The van der Waals surface area contributed by atoms with Crippen molar-refractivity contribution in [1.29, 1.82) is 0 Å². The van der Waals surface area contributed by atoms with Crippen LogP contribution in [0.25, 0.3) is 0 Å². The van der Waals surface area contributed by atoms with Crippen LogP contribution in [0.2, 0.25) is 0 Å². The van der Waals surface area contributed by atoms with Crippen molar-refractivity contribution in [2.24, 2.45) is 0 Å². The number of anilines is 1. The van der Waals surface area contributed by atoms with Gasteiger partial charge in [-0.3, -0.25) is 14.6 Å². The summed E-state index contributed by atoms with van der Waals surface area (Å²) in [5, 5.41) is 7.88. The molecule has 148 valence electrons. The Balaban J connectivity index is 1.76. The average Bonchev–Trinajstić information content (AvgIpc) is 2.65. The monoisotopic (exact) mass is 384 g/mol. The lowest BCUT2D eigenvalue weighted by Crippen LogP contribution is -2.37. The summed E-state index contributed by atoms with van der Waals surface area (Å²) in [4.78, 5) is 39.3. The molecule has 0 bridgehead atoms. The summed E-state index contributed by atoms with van der Waals surface area (Å²) in [6.45, 7) is 5.39. The molecular formula is C20H24N4O4. The number of hydrogen-bond acceptors (Lipinski definition) is 5. The van der Waals surface area contributed by atoms with E-state index in [4.69, 9.17) is 4.74 Å². The third kappa shape index (κ3) is 7.45. The molecule has 1 heterocycles. The lowest BCUT2D eigenvalue weighted by atomic mass is 10.2. The Morgan fingerprint density at radius 1 is 0.964 bits per heavy atom. The number of alkyl carbamates (subject to hydrolysis) is 1. The average molecular weight is 384 g/mol. The van der Waals surface area contributed by atoms with Crippen molar-refractivity contribution >= 4 is 23.6 Å². The van der Waals surface area contributed by atoms with Crippen LogP contribution in [-0.4, -0.2) is 35.0 Å². The van der Waals surface area contributed by atoms with Gasteiger partial charge in [0.1, 0.15) is 12.1 Å². The van der Waals surface area contributed by atoms with Crippen molar-refractivity contribution in [3.05, 3.63) is 59.9 Å². The van der Waals surface area contributed by atoms with E-state index in [0.29, 0.717) is 17.8 Å². The van der Waals surface area contributed by atoms with Crippen LogP contribution >= 0.6 is 0 Å². The van der Waals surface area contributed by atoms with E-state index < -0.39 is 11.7 Å². The highest BCUT2D eigenvalue weighted by Crippen LogP contribution is 2.10. The summed E-state index contributed by atoms with van der Waals surface area (Å²) in [7, 11) is 0. The molecule has 0 aliphatic rings. The topological polar surface area (TPSA) is 109 Å². The van der Waals surface area contributed by atoms with Crippen molar-refractivity contribution in [2.75, 3.05) is 11.9 Å². The van der Waals surface area contributed by atoms with Crippen LogP contribution in [0.15, 0.2) is 48.8 Å². The van der Waals surface area contributed by atoms with Gasteiger partial charge < -0.3 is 20.7 Å². The van der Waals surface area contributed by atoms with Crippen molar-refractivity contribution in [3.63, 3.8) is 0 Å². The highest BCUT2D eigenvalue weighted by atomic mass is 16.6. The Morgan fingerprint density at radius 3 is 2.21 bits per heavy atom. The number of benzene rings is 1. The zero-order valence-corrected chi connectivity index (χ0v) is 16.1. The van der Waals surface area contributed by atoms with E-state index >= 15 is 0 Å². The number of carbonyl (C=O) groups is 3. The molecule has 2 aromatic rings. The summed E-state index contributed by atoms with van der Waals surface area (Å²) >= 11 is 0. The van der Waals surface area contributed by atoms with Gasteiger partial charge in [-0.2, -0.15) is 0 Å². The molecule has 0 unspecified atom stereocenters. The van der Waals surface area contributed by atoms with E-state index in [0.717, 1.165) is 5.56 Å². The van der Waals surface area contributed by atoms with Gasteiger partial charge in [0.2, 0.25) is 5.91 Å². The van der Waals surface area contributed by atoms with Crippen LogP contribution in [0, 0.1) is 0 Å². The summed E-state index contributed by atoms with van der Waals surface area (Å²) in [5.41, 5.74) is 1.38. The Labute approximate surface area is 163 Å². The first-order valence-corrected chi connectivity index (χ1v) is 8.77. The molecule has 0 radical (unpaired) electrons. The molecule has 3 amide bonds. The van der Waals surface area contributed by atoms with E-state index in [1.165, 1.54) is 0 Å². The summed E-state index contributed by atoms with van der Waals surface area (Å²) < 4.78 is 5.06. The molecule has 28 heavy (non-hydrogen) atoms. The predicted octanol–water partition coefficient (Wildman–Crippen LogP) is 2.47. The highest BCUT2D eigenvalue weighted by molar-refractivity contribution is 5.94. The van der Waals surface area contributed by atoms with Crippen molar-refractivity contribution in [2.45, 2.75) is 32.9 Å². The van der Waals surface area contributed by atoms with E-state index in [-0.39, 0.29) is 18.4 Å². The van der Waals surface area contributed by atoms with Gasteiger partial charge in [0.05, 0.1) is 0 Å². The molecule has 0 aliphatic carbocycles. The van der Waals surface area contributed by atoms with Crippen molar-refractivity contribution < 1.29 is 19.1 Å². The van der Waals surface area contributed by atoms with Gasteiger partial charge in [0, 0.05) is 30.2 Å². The molecule has 0 saturated carbocycles. The van der Waals surface area contributed by atoms with Gasteiger partial charge in [-0.1, -0.05) is 12.1 Å². The van der Waals surface area contributed by atoms with Crippen molar-refractivity contribution in [1.82, 2.24) is 15.6 Å². The fourth-order valence-corrected chi connectivity index (χ4v) is 2.17. The minimum Gasteiger partial charge on any atom is -0.444 e. The third-order valence-corrected chi connectivity index (χ3v) is 3.43. The number of hydrogen-bond donors (Lipinski definition) is 3. The zero-order valence-electron chi connectivity index (χ0n) is 16.1. The van der Waals surface area contributed by atoms with Crippen LogP contribution in [0.4, 0.5) is 10.5 Å². The van der Waals surface area contributed by atoms with Gasteiger partial charge >= 0.3 is 6.09 Å². The number of pyridine rings is 1.